The van der Waals surface area contributed by atoms with Crippen LogP contribution in [-0.4, -0.2) is 14.2 Å². The molecule has 0 saturated heterocycles. The van der Waals surface area contributed by atoms with Crippen LogP contribution in [0, 0.1) is 0 Å². The maximum Gasteiger partial charge on any atom is 0.252 e. The summed E-state index contributed by atoms with van der Waals surface area (Å²) in [4.78, 5) is 0. The van der Waals surface area contributed by atoms with E-state index in [0.29, 0.717) is 0 Å². The zero-order valence-electron chi connectivity index (χ0n) is 15.9. The van der Waals surface area contributed by atoms with Gasteiger partial charge in [0.25, 0.3) is 11.4 Å². The highest BCUT2D eigenvalue weighted by molar-refractivity contribution is 5.61. The van der Waals surface area contributed by atoms with E-state index in [9.17, 15) is 0 Å². The van der Waals surface area contributed by atoms with Crippen molar-refractivity contribution >= 4 is 0 Å². The molecule has 138 valence electrons. The van der Waals surface area contributed by atoms with Gasteiger partial charge in [-0.1, -0.05) is 24.3 Å². The molecule has 0 aliphatic rings. The van der Waals surface area contributed by atoms with Gasteiger partial charge in [-0.05, 0) is 23.3 Å². The van der Waals surface area contributed by atoms with Gasteiger partial charge in [-0.15, -0.1) is 0 Å². The minimum Gasteiger partial charge on any atom is -0.490 e. The van der Waals surface area contributed by atoms with Crippen molar-refractivity contribution in [1.29, 1.82) is 0 Å². The summed E-state index contributed by atoms with van der Waals surface area (Å²) in [5.74, 6) is 1.69. The average Bonchev–Trinajstić information content (AvgIpc) is 2.79. The average molecular weight is 370 g/mol. The Morgan fingerprint density at radius 1 is 0.500 bits per heavy atom. The van der Waals surface area contributed by atoms with Crippen molar-refractivity contribution in [1.82, 2.24) is 0 Å². The molecule has 2 heterocycles. The SMILES string of the molecule is COc1ccccc1-[n+]1ccc(-c2cc[n+](-c3ccccc3OC)cc2)cc1. The van der Waals surface area contributed by atoms with Crippen LogP contribution in [0.15, 0.2) is 97.6 Å². The molecule has 0 unspecified atom stereocenters. The summed E-state index contributed by atoms with van der Waals surface area (Å²) in [6.07, 6.45) is 8.20. The third-order valence-corrected chi connectivity index (χ3v) is 4.72. The number of nitrogens with zero attached hydrogens (tertiary/aromatic N) is 2. The summed E-state index contributed by atoms with van der Waals surface area (Å²) >= 11 is 0. The van der Waals surface area contributed by atoms with Gasteiger partial charge < -0.3 is 9.47 Å². The maximum atomic E-state index is 5.45. The van der Waals surface area contributed by atoms with Crippen LogP contribution in [0.3, 0.4) is 0 Å². The molecule has 0 spiro atoms. The monoisotopic (exact) mass is 370 g/mol. The standard InChI is InChI=1S/C24H22N2O2/c1-27-23-9-5-3-7-21(23)25-15-11-19(12-16-25)20-13-17-26(18-14-20)22-8-4-6-10-24(22)28-2/h3-18H,1-2H3/q+2. The van der Waals surface area contributed by atoms with Crippen LogP contribution in [0.1, 0.15) is 0 Å². The first-order valence-corrected chi connectivity index (χ1v) is 9.10. The van der Waals surface area contributed by atoms with Crippen LogP contribution >= 0.6 is 0 Å². The highest BCUT2D eigenvalue weighted by atomic mass is 16.5. The van der Waals surface area contributed by atoms with Crippen molar-refractivity contribution in [2.45, 2.75) is 0 Å². The number of benzene rings is 2. The van der Waals surface area contributed by atoms with Crippen molar-refractivity contribution in [3.05, 3.63) is 97.6 Å². The molecular formula is C24H22N2O2+2. The fourth-order valence-corrected chi connectivity index (χ4v) is 3.25. The smallest absolute Gasteiger partial charge is 0.252 e. The molecule has 0 saturated carbocycles. The van der Waals surface area contributed by atoms with Crippen molar-refractivity contribution in [3.63, 3.8) is 0 Å². The molecule has 0 bridgehead atoms. The minimum absolute atomic E-state index is 0.845. The van der Waals surface area contributed by atoms with Gasteiger partial charge in [0.15, 0.2) is 36.3 Å². The van der Waals surface area contributed by atoms with Crippen LogP contribution in [-0.2, 0) is 0 Å². The van der Waals surface area contributed by atoms with Gasteiger partial charge in [0.05, 0.1) is 14.2 Å². The van der Waals surface area contributed by atoms with Crippen LogP contribution in [0.4, 0.5) is 0 Å². The molecule has 2 aromatic carbocycles. The molecule has 4 aromatic rings. The fraction of sp³-hybridized carbons (Fsp3) is 0.0833. The Hall–Kier alpha value is -3.66. The third kappa shape index (κ3) is 3.45. The van der Waals surface area contributed by atoms with Gasteiger partial charge in [0.1, 0.15) is 0 Å². The number of aromatic nitrogens is 2. The molecule has 0 atom stereocenters. The van der Waals surface area contributed by atoms with Gasteiger partial charge in [0, 0.05) is 36.4 Å². The second-order valence-corrected chi connectivity index (χ2v) is 6.33. The van der Waals surface area contributed by atoms with E-state index in [4.69, 9.17) is 9.47 Å². The summed E-state index contributed by atoms with van der Waals surface area (Å²) in [5, 5.41) is 0. The highest BCUT2D eigenvalue weighted by Crippen LogP contribution is 2.21. The Balaban J connectivity index is 1.62. The lowest BCUT2D eigenvalue weighted by molar-refractivity contribution is -0.596. The number of hydrogen-bond acceptors (Lipinski definition) is 2. The van der Waals surface area contributed by atoms with Crippen LogP contribution in [0.5, 0.6) is 11.5 Å². The Morgan fingerprint density at radius 2 is 0.857 bits per heavy atom. The van der Waals surface area contributed by atoms with E-state index in [1.165, 1.54) is 0 Å². The Kier molecular flexibility index (Phi) is 5.02. The molecule has 28 heavy (non-hydrogen) atoms. The van der Waals surface area contributed by atoms with Crippen LogP contribution in [0.2, 0.25) is 0 Å². The Labute approximate surface area is 164 Å². The van der Waals surface area contributed by atoms with Crippen molar-refractivity contribution in [3.8, 4) is 34.0 Å². The van der Waals surface area contributed by atoms with Gasteiger partial charge in [-0.25, -0.2) is 0 Å². The van der Waals surface area contributed by atoms with E-state index < -0.39 is 0 Å². The van der Waals surface area contributed by atoms with Crippen LogP contribution in [0.25, 0.3) is 22.5 Å². The Bertz CT molecular complexity index is 985. The molecule has 4 nitrogen and oxygen atoms in total. The zero-order valence-corrected chi connectivity index (χ0v) is 15.9. The lowest BCUT2D eigenvalue weighted by atomic mass is 10.1. The summed E-state index contributed by atoms with van der Waals surface area (Å²) in [6.45, 7) is 0. The first-order valence-electron chi connectivity index (χ1n) is 9.10. The third-order valence-electron chi connectivity index (χ3n) is 4.72. The van der Waals surface area contributed by atoms with E-state index in [-0.39, 0.29) is 0 Å². The number of rotatable bonds is 5. The number of hydrogen-bond donors (Lipinski definition) is 0. The predicted octanol–water partition coefficient (Wildman–Crippen LogP) is 3.92. The Morgan fingerprint density at radius 3 is 1.21 bits per heavy atom. The van der Waals surface area contributed by atoms with Gasteiger partial charge in [-0.2, -0.15) is 9.13 Å². The van der Waals surface area contributed by atoms with E-state index in [2.05, 4.69) is 58.2 Å². The van der Waals surface area contributed by atoms with Crippen molar-refractivity contribution < 1.29 is 18.6 Å². The van der Waals surface area contributed by atoms with E-state index in [1.54, 1.807) is 14.2 Å². The molecular weight excluding hydrogens is 348 g/mol. The molecule has 0 aliphatic heterocycles. The second-order valence-electron chi connectivity index (χ2n) is 6.33. The van der Waals surface area contributed by atoms with Gasteiger partial charge in [0.2, 0.25) is 0 Å². The number of para-hydroxylation sites is 4. The van der Waals surface area contributed by atoms with E-state index >= 15 is 0 Å². The van der Waals surface area contributed by atoms with E-state index in [0.717, 1.165) is 34.0 Å². The molecule has 0 fully saturated rings. The molecule has 0 radical (unpaired) electrons. The number of pyridine rings is 2. The fourth-order valence-electron chi connectivity index (χ4n) is 3.25. The topological polar surface area (TPSA) is 26.2 Å². The van der Waals surface area contributed by atoms with Crippen LogP contribution < -0.4 is 18.6 Å². The molecule has 4 rings (SSSR count). The first-order chi connectivity index (χ1) is 13.8. The molecule has 0 aliphatic carbocycles. The minimum atomic E-state index is 0.845. The van der Waals surface area contributed by atoms with Crippen molar-refractivity contribution in [2.75, 3.05) is 14.2 Å². The summed E-state index contributed by atoms with van der Waals surface area (Å²) < 4.78 is 15.0. The number of methoxy groups -OCH3 is 2. The summed E-state index contributed by atoms with van der Waals surface area (Å²) in [5.41, 5.74) is 4.33. The number of ether oxygens (including phenoxy) is 2. The van der Waals surface area contributed by atoms with Crippen molar-refractivity contribution in [2.24, 2.45) is 0 Å². The quantitative estimate of drug-likeness (QED) is 0.498. The largest absolute Gasteiger partial charge is 0.490 e. The summed E-state index contributed by atoms with van der Waals surface area (Å²) in [6, 6.07) is 24.4. The lowest BCUT2D eigenvalue weighted by Crippen LogP contribution is -2.30. The van der Waals surface area contributed by atoms with E-state index in [1.807, 2.05) is 48.5 Å². The normalized spacial score (nSPS) is 10.5. The maximum absolute atomic E-state index is 5.45. The molecule has 2 aromatic heterocycles. The van der Waals surface area contributed by atoms with Gasteiger partial charge in [-0.3, -0.25) is 0 Å². The summed E-state index contributed by atoms with van der Waals surface area (Å²) in [7, 11) is 3.38. The predicted molar refractivity (Wildman–Crippen MR) is 108 cm³/mol. The second kappa shape index (κ2) is 7.92. The zero-order chi connectivity index (χ0) is 19.3. The van der Waals surface area contributed by atoms with Gasteiger partial charge >= 0.3 is 0 Å². The lowest BCUT2D eigenvalue weighted by Gasteiger charge is -2.05. The molecule has 0 amide bonds. The molecule has 0 N–H and O–H groups in total. The first kappa shape index (κ1) is 17.7. The highest BCUT2D eigenvalue weighted by Gasteiger charge is 2.14. The molecule has 4 heteroatoms.